The van der Waals surface area contributed by atoms with Crippen LogP contribution >= 0.6 is 11.3 Å². The number of fused-ring (bicyclic) bond motifs is 1. The number of hydrogen-bond donors (Lipinski definition) is 0. The number of thiazole rings is 1. The van der Waals surface area contributed by atoms with Crippen LogP contribution in [0.25, 0.3) is 10.3 Å². The average molecular weight is 179 g/mol. The lowest BCUT2D eigenvalue weighted by Gasteiger charge is -1.85. The Morgan fingerprint density at radius 3 is 2.92 bits per heavy atom. The minimum atomic E-state index is 1.09. The minimum absolute atomic E-state index is 1.09. The summed E-state index contributed by atoms with van der Waals surface area (Å²) in [5.74, 6) is 0. The van der Waals surface area contributed by atoms with Crippen LogP contribution in [0.3, 0.4) is 0 Å². The summed E-state index contributed by atoms with van der Waals surface area (Å²) in [4.78, 5) is 4.37. The quantitative estimate of drug-likeness (QED) is 0.563. The molecule has 2 heterocycles. The predicted octanol–water partition coefficient (Wildman–Crippen LogP) is 1.74. The molecule has 3 heteroatoms. The van der Waals surface area contributed by atoms with Gasteiger partial charge in [-0.25, -0.2) is 4.57 Å². The van der Waals surface area contributed by atoms with Crippen molar-refractivity contribution in [3.8, 4) is 0 Å². The Balaban J connectivity index is 2.87. The molecule has 0 radical (unpaired) electrons. The van der Waals surface area contributed by atoms with Crippen LogP contribution in [0.2, 0.25) is 0 Å². The van der Waals surface area contributed by atoms with E-state index in [1.54, 1.807) is 11.3 Å². The van der Waals surface area contributed by atoms with E-state index in [1.807, 2.05) is 6.20 Å². The van der Waals surface area contributed by atoms with Crippen LogP contribution in [0.1, 0.15) is 10.6 Å². The molecule has 0 amide bonds. The molecule has 0 bridgehead atoms. The highest BCUT2D eigenvalue weighted by Gasteiger charge is 2.12. The van der Waals surface area contributed by atoms with Gasteiger partial charge in [-0.3, -0.25) is 0 Å². The van der Waals surface area contributed by atoms with Gasteiger partial charge in [-0.15, -0.1) is 0 Å². The fourth-order valence-corrected chi connectivity index (χ4v) is 2.31. The van der Waals surface area contributed by atoms with Crippen molar-refractivity contribution in [1.29, 1.82) is 0 Å². The van der Waals surface area contributed by atoms with Crippen LogP contribution in [-0.4, -0.2) is 4.98 Å². The predicted molar refractivity (Wildman–Crippen MR) is 50.3 cm³/mol. The largest absolute Gasteiger partial charge is 0.340 e. The first kappa shape index (κ1) is 7.68. The van der Waals surface area contributed by atoms with Crippen molar-refractivity contribution >= 4 is 21.7 Å². The Kier molecular flexibility index (Phi) is 1.61. The number of nitrogens with zero attached hydrogens (tertiary/aromatic N) is 2. The fraction of sp³-hybridized carbons (Fsp3) is 0.333. The van der Waals surface area contributed by atoms with Crippen molar-refractivity contribution in [2.45, 2.75) is 13.8 Å². The highest BCUT2D eigenvalue weighted by Crippen LogP contribution is 2.17. The number of rotatable bonds is 0. The van der Waals surface area contributed by atoms with Gasteiger partial charge in [0.15, 0.2) is 5.01 Å². The topological polar surface area (TPSA) is 16.8 Å². The van der Waals surface area contributed by atoms with Gasteiger partial charge >= 0.3 is 5.65 Å². The van der Waals surface area contributed by atoms with Crippen molar-refractivity contribution in [1.82, 2.24) is 4.98 Å². The second-order valence-corrected chi connectivity index (χ2v) is 4.25. The van der Waals surface area contributed by atoms with Gasteiger partial charge in [0.2, 0.25) is 0 Å². The maximum Gasteiger partial charge on any atom is 0.340 e. The second-order valence-electron chi connectivity index (χ2n) is 3.01. The number of hydrogen-bond acceptors (Lipinski definition) is 2. The van der Waals surface area contributed by atoms with Crippen LogP contribution in [0.15, 0.2) is 12.3 Å². The monoisotopic (exact) mass is 179 g/mol. The lowest BCUT2D eigenvalue weighted by molar-refractivity contribution is -0.648. The molecule has 12 heavy (non-hydrogen) atoms. The van der Waals surface area contributed by atoms with E-state index in [2.05, 4.69) is 36.5 Å². The van der Waals surface area contributed by atoms with Gasteiger partial charge in [-0.1, -0.05) is 11.3 Å². The Morgan fingerprint density at radius 1 is 1.42 bits per heavy atom. The molecular weight excluding hydrogens is 168 g/mol. The van der Waals surface area contributed by atoms with Crippen molar-refractivity contribution in [3.05, 3.63) is 22.8 Å². The van der Waals surface area contributed by atoms with Crippen LogP contribution in [-0.2, 0) is 7.05 Å². The van der Waals surface area contributed by atoms with Crippen molar-refractivity contribution in [2.24, 2.45) is 7.05 Å². The molecule has 0 aliphatic rings. The van der Waals surface area contributed by atoms with Crippen molar-refractivity contribution in [3.63, 3.8) is 0 Å². The standard InChI is InChI=1S/C9H11N2S/c1-6-4-8-9(10-5-6)11(3)7(2)12-8/h4-5H,1-3H3/q+1. The van der Waals surface area contributed by atoms with Crippen LogP contribution < -0.4 is 4.57 Å². The highest BCUT2D eigenvalue weighted by atomic mass is 32.1. The van der Waals surface area contributed by atoms with E-state index >= 15 is 0 Å². The zero-order valence-corrected chi connectivity index (χ0v) is 8.27. The zero-order chi connectivity index (χ0) is 8.72. The molecule has 0 atom stereocenters. The third kappa shape index (κ3) is 1.01. The van der Waals surface area contributed by atoms with Crippen molar-refractivity contribution < 1.29 is 4.57 Å². The molecule has 0 saturated heterocycles. The van der Waals surface area contributed by atoms with Gasteiger partial charge in [0.05, 0.1) is 7.05 Å². The summed E-state index contributed by atoms with van der Waals surface area (Å²) in [6.45, 7) is 4.18. The van der Waals surface area contributed by atoms with E-state index in [4.69, 9.17) is 0 Å². The third-order valence-corrected chi connectivity index (χ3v) is 3.11. The van der Waals surface area contributed by atoms with Gasteiger partial charge in [0.25, 0.3) is 0 Å². The van der Waals surface area contributed by atoms with Crippen molar-refractivity contribution in [2.75, 3.05) is 0 Å². The lowest BCUT2D eigenvalue weighted by atomic mass is 10.3. The van der Waals surface area contributed by atoms with Gasteiger partial charge in [-0.2, -0.15) is 0 Å². The molecular formula is C9H11N2S+. The molecule has 2 aromatic rings. The summed E-state index contributed by atoms with van der Waals surface area (Å²) < 4.78 is 3.40. The summed E-state index contributed by atoms with van der Waals surface area (Å²) in [5, 5.41) is 1.29. The first-order valence-electron chi connectivity index (χ1n) is 3.90. The molecule has 2 aromatic heterocycles. The summed E-state index contributed by atoms with van der Waals surface area (Å²) >= 11 is 1.79. The highest BCUT2D eigenvalue weighted by molar-refractivity contribution is 7.18. The minimum Gasteiger partial charge on any atom is -0.221 e. The van der Waals surface area contributed by atoms with Crippen LogP contribution in [0, 0.1) is 13.8 Å². The average Bonchev–Trinajstić information content (AvgIpc) is 2.28. The second kappa shape index (κ2) is 2.52. The van der Waals surface area contributed by atoms with E-state index < -0.39 is 0 Å². The maximum atomic E-state index is 4.37. The Morgan fingerprint density at radius 2 is 2.17 bits per heavy atom. The summed E-state index contributed by atoms with van der Waals surface area (Å²) in [6, 6.07) is 2.18. The maximum absolute atomic E-state index is 4.37. The molecule has 0 spiro atoms. The first-order chi connectivity index (χ1) is 5.68. The van der Waals surface area contributed by atoms with Crippen LogP contribution in [0.5, 0.6) is 0 Å². The zero-order valence-electron chi connectivity index (χ0n) is 7.46. The number of aryl methyl sites for hydroxylation is 3. The normalized spacial score (nSPS) is 10.9. The summed E-state index contributed by atoms with van der Waals surface area (Å²) in [7, 11) is 2.05. The molecule has 0 N–H and O–H groups in total. The molecule has 0 aromatic carbocycles. The Labute approximate surface area is 75.5 Å². The van der Waals surface area contributed by atoms with Gasteiger partial charge < -0.3 is 0 Å². The molecule has 62 valence electrons. The summed E-state index contributed by atoms with van der Waals surface area (Å²) in [6.07, 6.45) is 1.91. The third-order valence-electron chi connectivity index (χ3n) is 2.02. The van der Waals surface area contributed by atoms with E-state index in [1.165, 1.54) is 15.3 Å². The van der Waals surface area contributed by atoms with E-state index in [9.17, 15) is 0 Å². The van der Waals surface area contributed by atoms with Crippen LogP contribution in [0.4, 0.5) is 0 Å². The molecule has 0 aliphatic heterocycles. The Hall–Kier alpha value is -0.960. The molecule has 0 saturated carbocycles. The van der Waals surface area contributed by atoms with Gasteiger partial charge in [0, 0.05) is 6.92 Å². The molecule has 0 unspecified atom stereocenters. The lowest BCUT2D eigenvalue weighted by Crippen LogP contribution is -2.29. The number of aromatic nitrogens is 2. The van der Waals surface area contributed by atoms with E-state index in [-0.39, 0.29) is 0 Å². The fourth-order valence-electron chi connectivity index (χ4n) is 1.24. The van der Waals surface area contributed by atoms with Gasteiger partial charge in [0.1, 0.15) is 10.9 Å². The van der Waals surface area contributed by atoms with E-state index in [0.717, 1.165) is 5.65 Å². The molecule has 2 nitrogen and oxygen atoms in total. The summed E-state index contributed by atoms with van der Waals surface area (Å²) in [5.41, 5.74) is 2.31. The van der Waals surface area contributed by atoms with Gasteiger partial charge in [-0.05, 0) is 23.5 Å². The first-order valence-corrected chi connectivity index (χ1v) is 4.72. The molecule has 0 fully saturated rings. The smallest absolute Gasteiger partial charge is 0.221 e. The SMILES string of the molecule is Cc1cnc2c(c1)sc(C)[n+]2C. The Bertz CT molecular complexity index is 431. The number of pyridine rings is 1. The van der Waals surface area contributed by atoms with E-state index in [0.29, 0.717) is 0 Å². The molecule has 2 rings (SSSR count). The molecule has 0 aliphatic carbocycles.